The van der Waals surface area contributed by atoms with Crippen molar-refractivity contribution >= 4 is 23.9 Å². The van der Waals surface area contributed by atoms with Crippen LogP contribution in [0.3, 0.4) is 0 Å². The summed E-state index contributed by atoms with van der Waals surface area (Å²) >= 11 is 0. The zero-order chi connectivity index (χ0) is 22.3. The molecule has 0 unspecified atom stereocenters. The number of aliphatic carboxylic acids is 2. The van der Waals surface area contributed by atoms with Crippen LogP contribution in [-0.2, 0) is 41.5 Å². The molecule has 30 heavy (non-hydrogen) atoms. The average molecular weight is 422 g/mol. The first-order valence-electron chi connectivity index (χ1n) is 8.49. The van der Waals surface area contributed by atoms with Gasteiger partial charge in [0.2, 0.25) is 12.2 Å². The van der Waals surface area contributed by atoms with Crippen molar-refractivity contribution in [3.8, 4) is 0 Å². The van der Waals surface area contributed by atoms with Crippen molar-refractivity contribution in [3.05, 3.63) is 71.3 Å². The molecule has 0 fully saturated rings. The van der Waals surface area contributed by atoms with Gasteiger partial charge in [-0.1, -0.05) is 24.3 Å². The summed E-state index contributed by atoms with van der Waals surface area (Å²) in [7, 11) is 0. The molecule has 2 atom stereocenters. The number of carbonyl (C=O) groups is 4. The van der Waals surface area contributed by atoms with Gasteiger partial charge in [0.1, 0.15) is 11.6 Å². The standard InChI is InChI=1S/C20H16F2O8/c21-13-5-1-11(2-6-13)9-15(23)29-17(19(25)26)18(20(27)28)30-16(24)10-12-3-7-14(22)8-4-12/h1-8,17-18H,9-10H2,(H,25,26)(H,27,28)/t17-,18-/m1/s1. The summed E-state index contributed by atoms with van der Waals surface area (Å²) in [5.41, 5.74) is 0.594. The van der Waals surface area contributed by atoms with Gasteiger partial charge in [0.05, 0.1) is 12.8 Å². The number of carbonyl (C=O) groups excluding carboxylic acids is 2. The fourth-order valence-corrected chi connectivity index (χ4v) is 2.39. The van der Waals surface area contributed by atoms with E-state index in [2.05, 4.69) is 0 Å². The average Bonchev–Trinajstić information content (AvgIpc) is 2.68. The van der Waals surface area contributed by atoms with E-state index in [4.69, 9.17) is 9.47 Å². The Kier molecular flexibility index (Phi) is 7.56. The second-order valence-corrected chi connectivity index (χ2v) is 6.10. The number of carboxylic acid groups (broad SMARTS) is 2. The van der Waals surface area contributed by atoms with Gasteiger partial charge >= 0.3 is 23.9 Å². The molecule has 10 heteroatoms. The van der Waals surface area contributed by atoms with Crippen LogP contribution in [0.4, 0.5) is 8.78 Å². The Balaban J connectivity index is 2.06. The third kappa shape index (κ3) is 6.66. The van der Waals surface area contributed by atoms with Crippen LogP contribution >= 0.6 is 0 Å². The van der Waals surface area contributed by atoms with Gasteiger partial charge in [-0.05, 0) is 35.4 Å². The number of halogens is 2. The van der Waals surface area contributed by atoms with Crippen molar-refractivity contribution in [3.63, 3.8) is 0 Å². The number of hydrogen-bond acceptors (Lipinski definition) is 6. The molecule has 0 radical (unpaired) electrons. The molecular weight excluding hydrogens is 406 g/mol. The van der Waals surface area contributed by atoms with Crippen molar-refractivity contribution in [2.24, 2.45) is 0 Å². The maximum absolute atomic E-state index is 12.9. The Morgan fingerprint density at radius 2 is 0.967 bits per heavy atom. The van der Waals surface area contributed by atoms with Crippen LogP contribution in [0.15, 0.2) is 48.5 Å². The lowest BCUT2D eigenvalue weighted by Crippen LogP contribution is -2.46. The number of hydrogen-bond donors (Lipinski definition) is 2. The monoisotopic (exact) mass is 422 g/mol. The minimum absolute atomic E-state index is 0.297. The smallest absolute Gasteiger partial charge is 0.349 e. The van der Waals surface area contributed by atoms with Gasteiger partial charge in [-0.25, -0.2) is 18.4 Å². The second kappa shape index (κ2) is 10.1. The molecule has 0 bridgehead atoms. The lowest BCUT2D eigenvalue weighted by atomic mass is 10.1. The molecule has 0 aliphatic rings. The normalized spacial score (nSPS) is 12.5. The molecule has 0 heterocycles. The van der Waals surface area contributed by atoms with Crippen LogP contribution in [0.2, 0.25) is 0 Å². The number of benzene rings is 2. The quantitative estimate of drug-likeness (QED) is 0.585. The number of esters is 2. The van der Waals surface area contributed by atoms with Gasteiger partial charge in [0, 0.05) is 0 Å². The third-order valence-electron chi connectivity index (χ3n) is 3.80. The van der Waals surface area contributed by atoms with Crippen LogP contribution in [0, 0.1) is 11.6 Å². The molecule has 158 valence electrons. The highest BCUT2D eigenvalue weighted by Crippen LogP contribution is 2.12. The highest BCUT2D eigenvalue weighted by atomic mass is 19.1. The first-order valence-corrected chi connectivity index (χ1v) is 8.49. The van der Waals surface area contributed by atoms with E-state index in [-0.39, 0.29) is 0 Å². The highest BCUT2D eigenvalue weighted by molar-refractivity contribution is 5.88. The number of carboxylic acids is 2. The van der Waals surface area contributed by atoms with Gasteiger partial charge in [-0.3, -0.25) is 9.59 Å². The van der Waals surface area contributed by atoms with Crippen molar-refractivity contribution < 1.29 is 47.6 Å². The van der Waals surface area contributed by atoms with E-state index < -0.39 is 60.6 Å². The molecule has 0 spiro atoms. The van der Waals surface area contributed by atoms with E-state index >= 15 is 0 Å². The Bertz CT molecular complexity index is 847. The number of ether oxygens (including phenoxy) is 2. The highest BCUT2D eigenvalue weighted by Gasteiger charge is 2.40. The zero-order valence-electron chi connectivity index (χ0n) is 15.3. The fourth-order valence-electron chi connectivity index (χ4n) is 2.39. The van der Waals surface area contributed by atoms with Crippen molar-refractivity contribution in [2.75, 3.05) is 0 Å². The minimum atomic E-state index is -2.31. The number of rotatable bonds is 9. The molecule has 2 rings (SSSR count). The summed E-state index contributed by atoms with van der Waals surface area (Å²) in [6, 6.07) is 9.38. The first kappa shape index (κ1) is 22.5. The predicted octanol–water partition coefficient (Wildman–Crippen LogP) is 1.74. The lowest BCUT2D eigenvalue weighted by molar-refractivity contribution is -0.187. The molecule has 0 amide bonds. The zero-order valence-corrected chi connectivity index (χ0v) is 15.3. The molecule has 0 saturated carbocycles. The summed E-state index contributed by atoms with van der Waals surface area (Å²) in [4.78, 5) is 46.9. The Morgan fingerprint density at radius 1 is 0.667 bits per heavy atom. The van der Waals surface area contributed by atoms with E-state index in [1.165, 1.54) is 24.3 Å². The summed E-state index contributed by atoms with van der Waals surface area (Å²) in [5, 5.41) is 18.5. The molecule has 0 aliphatic heterocycles. The first-order chi connectivity index (χ1) is 14.2. The molecular formula is C20H16F2O8. The van der Waals surface area contributed by atoms with Gasteiger partial charge in [0.25, 0.3) is 0 Å². The van der Waals surface area contributed by atoms with Crippen LogP contribution in [0.5, 0.6) is 0 Å². The fraction of sp³-hybridized carbons (Fsp3) is 0.200. The van der Waals surface area contributed by atoms with Gasteiger partial charge in [-0.2, -0.15) is 0 Å². The topological polar surface area (TPSA) is 127 Å². The lowest BCUT2D eigenvalue weighted by Gasteiger charge is -2.21. The van der Waals surface area contributed by atoms with Crippen LogP contribution < -0.4 is 0 Å². The molecule has 0 aromatic heterocycles. The molecule has 8 nitrogen and oxygen atoms in total. The minimum Gasteiger partial charge on any atom is -0.478 e. The maximum atomic E-state index is 12.9. The SMILES string of the molecule is O=C(Cc1ccc(F)cc1)O[C@@H](C(=O)O)[C@@H](OC(=O)Cc1ccc(F)cc1)C(=O)O. The van der Waals surface area contributed by atoms with Gasteiger partial charge < -0.3 is 19.7 Å². The summed E-state index contributed by atoms with van der Waals surface area (Å²) < 4.78 is 35.2. The molecule has 0 aliphatic carbocycles. The molecule has 2 aromatic carbocycles. The predicted molar refractivity (Wildman–Crippen MR) is 95.2 cm³/mol. The largest absolute Gasteiger partial charge is 0.478 e. The van der Waals surface area contributed by atoms with Crippen molar-refractivity contribution in [1.82, 2.24) is 0 Å². The van der Waals surface area contributed by atoms with E-state index in [0.717, 1.165) is 24.3 Å². The summed E-state index contributed by atoms with van der Waals surface area (Å²) in [6.45, 7) is 0. The Labute approximate surface area is 168 Å². The Morgan fingerprint density at radius 3 is 1.23 bits per heavy atom. The van der Waals surface area contributed by atoms with E-state index in [1.807, 2.05) is 0 Å². The third-order valence-corrected chi connectivity index (χ3v) is 3.80. The van der Waals surface area contributed by atoms with Gasteiger partial charge in [0.15, 0.2) is 0 Å². The van der Waals surface area contributed by atoms with E-state index in [0.29, 0.717) is 11.1 Å². The maximum Gasteiger partial charge on any atom is 0.349 e. The van der Waals surface area contributed by atoms with E-state index in [1.54, 1.807) is 0 Å². The Hall–Kier alpha value is -3.82. The van der Waals surface area contributed by atoms with Crippen LogP contribution in [-0.4, -0.2) is 46.3 Å². The van der Waals surface area contributed by atoms with Crippen LogP contribution in [0.1, 0.15) is 11.1 Å². The van der Waals surface area contributed by atoms with Crippen molar-refractivity contribution in [2.45, 2.75) is 25.0 Å². The summed E-state index contributed by atoms with van der Waals surface area (Å²) in [6.07, 6.45) is -5.54. The summed E-state index contributed by atoms with van der Waals surface area (Å²) in [5.74, 6) is -7.01. The molecule has 0 saturated heterocycles. The second-order valence-electron chi connectivity index (χ2n) is 6.10. The van der Waals surface area contributed by atoms with Crippen molar-refractivity contribution in [1.29, 1.82) is 0 Å². The van der Waals surface area contributed by atoms with Gasteiger partial charge in [-0.15, -0.1) is 0 Å². The van der Waals surface area contributed by atoms with Crippen LogP contribution in [0.25, 0.3) is 0 Å². The molecule has 2 N–H and O–H groups in total. The molecule has 2 aromatic rings. The van der Waals surface area contributed by atoms with E-state index in [9.17, 15) is 38.2 Å².